The van der Waals surface area contributed by atoms with Crippen LogP contribution in [0.1, 0.15) is 88.5 Å². The molecule has 2 saturated heterocycles. The number of likely N-dealkylation sites (tertiary alicyclic amines) is 2. The number of carbonyl (C=O) groups is 2. The molecule has 2 fully saturated rings. The number of hydrogen-bond donors (Lipinski definition) is 4. The molecule has 6 heterocycles. The third kappa shape index (κ3) is 9.86. The number of H-pyrrole nitrogens is 2. The lowest BCUT2D eigenvalue weighted by Crippen LogP contribution is -2.45. The Morgan fingerprint density at radius 3 is 1.29 bits per heavy atom. The molecule has 0 radical (unpaired) electrons. The second-order valence-electron chi connectivity index (χ2n) is 17.2. The number of amides is 2. The van der Waals surface area contributed by atoms with Gasteiger partial charge < -0.3 is 30.4 Å². The summed E-state index contributed by atoms with van der Waals surface area (Å²) in [7, 11) is 0. The molecule has 4 aromatic heterocycles. The van der Waals surface area contributed by atoms with Gasteiger partial charge in [-0.05, 0) is 71.9 Å². The van der Waals surface area contributed by atoms with Crippen molar-refractivity contribution in [1.29, 1.82) is 0 Å². The second-order valence-corrected chi connectivity index (χ2v) is 17.2. The van der Waals surface area contributed by atoms with E-state index in [1.165, 1.54) is 0 Å². The largest absolute Gasteiger partial charge is 0.433 e. The van der Waals surface area contributed by atoms with Crippen LogP contribution in [-0.2, 0) is 21.9 Å². The fraction of sp³-hybridized carbons (Fsp3) is 0.391. The highest BCUT2D eigenvalue weighted by molar-refractivity contribution is 5.86. The van der Waals surface area contributed by atoms with Gasteiger partial charge in [0.2, 0.25) is 23.7 Å². The predicted molar refractivity (Wildman–Crippen MR) is 233 cm³/mol. The van der Waals surface area contributed by atoms with Crippen molar-refractivity contribution in [1.82, 2.24) is 49.7 Å². The summed E-state index contributed by atoms with van der Waals surface area (Å²) < 4.78 is 79.9. The summed E-state index contributed by atoms with van der Waals surface area (Å²) in [5.74, 6) is -0.412. The molecular formula is C46H48F6N12O2. The summed E-state index contributed by atoms with van der Waals surface area (Å²) in [4.78, 5) is 62.4. The van der Waals surface area contributed by atoms with Gasteiger partial charge in [-0.25, -0.2) is 29.9 Å². The summed E-state index contributed by atoms with van der Waals surface area (Å²) >= 11 is 0. The molecule has 0 spiro atoms. The quantitative estimate of drug-likeness (QED) is 0.0818. The first-order chi connectivity index (χ1) is 31.4. The molecule has 346 valence electrons. The summed E-state index contributed by atoms with van der Waals surface area (Å²) in [6.45, 7) is 8.16. The Labute approximate surface area is 376 Å². The van der Waals surface area contributed by atoms with Crippen molar-refractivity contribution in [3.8, 4) is 33.6 Å². The number of aromatic amines is 2. The molecule has 20 heteroatoms. The Morgan fingerprint density at radius 2 is 0.939 bits per heavy atom. The third-order valence-electron chi connectivity index (χ3n) is 11.9. The van der Waals surface area contributed by atoms with E-state index < -0.39 is 35.8 Å². The molecule has 4 N–H and O–H groups in total. The van der Waals surface area contributed by atoms with Crippen molar-refractivity contribution in [2.75, 3.05) is 23.7 Å². The number of benzene rings is 2. The normalized spacial score (nSPS) is 17.7. The van der Waals surface area contributed by atoms with E-state index in [9.17, 15) is 35.9 Å². The van der Waals surface area contributed by atoms with Gasteiger partial charge in [0.05, 0.1) is 35.9 Å². The molecule has 2 amide bonds. The summed E-state index contributed by atoms with van der Waals surface area (Å²) in [5, 5.41) is 5.69. The molecule has 14 nitrogen and oxygen atoms in total. The van der Waals surface area contributed by atoms with E-state index in [-0.39, 0.29) is 47.6 Å². The summed E-state index contributed by atoms with van der Waals surface area (Å²) in [5.41, 5.74) is 3.06. The molecule has 0 unspecified atom stereocenters. The van der Waals surface area contributed by atoms with Crippen LogP contribution < -0.4 is 10.6 Å². The molecular weight excluding hydrogens is 867 g/mol. The summed E-state index contributed by atoms with van der Waals surface area (Å²) in [6.07, 6.45) is -1.02. The minimum Gasteiger partial charge on any atom is -0.342 e. The van der Waals surface area contributed by atoms with Crippen molar-refractivity contribution in [2.24, 2.45) is 11.8 Å². The molecule has 0 bridgehead atoms. The number of aromatic nitrogens is 8. The Balaban J connectivity index is 0.905. The fourth-order valence-electron chi connectivity index (χ4n) is 8.45. The SMILES string of the molecule is CC(C)[C@H](Nc1nccc(C(F)(F)F)n1)C(=O)N1CCC[C@H]1c1ncc(-c2ccc(-c3ccc(-c4cnc([C@@H]5CCCN5C(=O)[C@@H](Nc5nccc(C(F)(F)F)n5)C(C)C)[nH]4)cc3)cc2)[nH]1. The number of hydrogen-bond acceptors (Lipinski definition) is 10. The first-order valence-electron chi connectivity index (χ1n) is 21.7. The summed E-state index contributed by atoms with van der Waals surface area (Å²) in [6, 6.07) is 15.1. The molecule has 2 aliphatic heterocycles. The molecule has 2 aliphatic rings. The average Bonchev–Trinajstić information content (AvgIpc) is 4.14. The minimum absolute atomic E-state index is 0.270. The van der Waals surface area contributed by atoms with E-state index in [1.54, 1.807) is 22.2 Å². The number of alkyl halides is 6. The van der Waals surface area contributed by atoms with Gasteiger partial charge in [0.25, 0.3) is 0 Å². The van der Waals surface area contributed by atoms with Crippen LogP contribution in [-0.4, -0.2) is 86.7 Å². The Bertz CT molecular complexity index is 2460. The second kappa shape index (κ2) is 18.6. The van der Waals surface area contributed by atoms with Gasteiger partial charge >= 0.3 is 12.4 Å². The molecule has 0 aliphatic carbocycles. The smallest absolute Gasteiger partial charge is 0.342 e. The molecule has 2 aromatic carbocycles. The number of imidazole rings is 2. The van der Waals surface area contributed by atoms with E-state index in [4.69, 9.17) is 0 Å². The van der Waals surface area contributed by atoms with E-state index in [2.05, 4.69) is 50.5 Å². The van der Waals surface area contributed by atoms with Gasteiger partial charge in [0.1, 0.15) is 35.1 Å². The third-order valence-corrected chi connectivity index (χ3v) is 11.9. The number of rotatable bonds is 13. The van der Waals surface area contributed by atoms with Crippen molar-refractivity contribution in [3.05, 3.63) is 108 Å². The van der Waals surface area contributed by atoms with Crippen LogP contribution >= 0.6 is 0 Å². The number of anilines is 2. The van der Waals surface area contributed by atoms with Crippen molar-refractivity contribution < 1.29 is 35.9 Å². The van der Waals surface area contributed by atoms with E-state index >= 15 is 0 Å². The van der Waals surface area contributed by atoms with Crippen LogP contribution in [0.25, 0.3) is 33.6 Å². The topological polar surface area (TPSA) is 174 Å². The van der Waals surface area contributed by atoms with Crippen LogP contribution in [0.3, 0.4) is 0 Å². The van der Waals surface area contributed by atoms with Gasteiger partial charge in [-0.2, -0.15) is 26.3 Å². The number of nitrogens with one attached hydrogen (secondary N) is 4. The zero-order chi connectivity index (χ0) is 46.9. The lowest BCUT2D eigenvalue weighted by molar-refractivity contribution is -0.142. The first-order valence-corrected chi connectivity index (χ1v) is 21.7. The minimum atomic E-state index is -4.65. The average molecular weight is 915 g/mol. The number of carbonyl (C=O) groups excluding carboxylic acids is 2. The van der Waals surface area contributed by atoms with E-state index in [0.717, 1.165) is 71.0 Å². The van der Waals surface area contributed by atoms with E-state index in [1.807, 2.05) is 76.2 Å². The van der Waals surface area contributed by atoms with Crippen LogP contribution in [0.15, 0.2) is 85.5 Å². The lowest BCUT2D eigenvalue weighted by atomic mass is 10.0. The maximum Gasteiger partial charge on any atom is 0.433 e. The molecule has 0 saturated carbocycles. The van der Waals surface area contributed by atoms with Crippen LogP contribution in [0.5, 0.6) is 0 Å². The van der Waals surface area contributed by atoms with E-state index in [0.29, 0.717) is 37.6 Å². The van der Waals surface area contributed by atoms with Gasteiger partial charge in [-0.3, -0.25) is 9.59 Å². The monoisotopic (exact) mass is 914 g/mol. The maximum absolute atomic E-state index is 13.9. The molecule has 66 heavy (non-hydrogen) atoms. The van der Waals surface area contributed by atoms with Crippen molar-refractivity contribution >= 4 is 23.7 Å². The lowest BCUT2D eigenvalue weighted by Gasteiger charge is -2.30. The number of halogens is 6. The first kappa shape index (κ1) is 45.7. The highest BCUT2D eigenvalue weighted by Crippen LogP contribution is 2.36. The molecule has 6 aromatic rings. The number of nitrogens with zero attached hydrogens (tertiary/aromatic N) is 8. The zero-order valence-electron chi connectivity index (χ0n) is 36.5. The predicted octanol–water partition coefficient (Wildman–Crippen LogP) is 9.35. The van der Waals surface area contributed by atoms with Gasteiger partial charge in [0, 0.05) is 25.5 Å². The van der Waals surface area contributed by atoms with Crippen LogP contribution in [0.4, 0.5) is 38.2 Å². The Morgan fingerprint density at radius 1 is 0.576 bits per heavy atom. The zero-order valence-corrected chi connectivity index (χ0v) is 36.5. The molecule has 8 rings (SSSR count). The van der Waals surface area contributed by atoms with Crippen LogP contribution in [0, 0.1) is 11.8 Å². The van der Waals surface area contributed by atoms with Gasteiger partial charge in [-0.15, -0.1) is 0 Å². The maximum atomic E-state index is 13.9. The fourth-order valence-corrected chi connectivity index (χ4v) is 8.45. The Hall–Kier alpha value is -6.86. The highest BCUT2D eigenvalue weighted by atomic mass is 19.4. The van der Waals surface area contributed by atoms with Crippen LogP contribution in [0.2, 0.25) is 0 Å². The highest BCUT2D eigenvalue weighted by Gasteiger charge is 2.40. The van der Waals surface area contributed by atoms with Gasteiger partial charge in [0.15, 0.2) is 0 Å². The van der Waals surface area contributed by atoms with Crippen molar-refractivity contribution in [2.45, 2.75) is 89.9 Å². The standard InChI is InChI=1S/C46H48F6N12O2/c1-25(2)37(61-43-53-19-17-35(59-43)45(47,48)49)41(65)63-21-5-7-33(63)39-55-23-31(57-39)29-13-9-27(10-14-29)28-11-15-30(16-12-28)32-24-56-40(58-32)34-8-6-22-64(34)42(66)38(26(3)4)62-44-54-20-18-36(60-44)46(50,51)52/h9-20,23-26,33-34,37-38H,5-8,21-22H2,1-4H3,(H,55,57)(H,56,58)(H,53,59,61)(H,54,60,62)/t33-,34-,37-,38-/m0/s1. The Kier molecular flexibility index (Phi) is 12.8. The van der Waals surface area contributed by atoms with Crippen molar-refractivity contribution in [3.63, 3.8) is 0 Å². The molecule has 4 atom stereocenters. The van der Waals surface area contributed by atoms with Gasteiger partial charge in [-0.1, -0.05) is 76.2 Å².